The Kier molecular flexibility index (Phi) is 7.95. The lowest BCUT2D eigenvalue weighted by Gasteiger charge is -2.21. The molecule has 0 fully saturated rings. The molecule has 0 saturated carbocycles. The second-order valence-electron chi connectivity index (χ2n) is 7.42. The molecule has 0 aliphatic carbocycles. The molecule has 0 aromatic heterocycles. The van der Waals surface area contributed by atoms with Gasteiger partial charge in [0.1, 0.15) is 5.70 Å². The van der Waals surface area contributed by atoms with E-state index in [0.29, 0.717) is 22.7 Å². The summed E-state index contributed by atoms with van der Waals surface area (Å²) in [5.74, 6) is 0.235. The Labute approximate surface area is 194 Å². The van der Waals surface area contributed by atoms with Gasteiger partial charge in [-0.3, -0.25) is 14.5 Å². The van der Waals surface area contributed by atoms with Crippen molar-refractivity contribution < 1.29 is 23.8 Å². The lowest BCUT2D eigenvalue weighted by atomic mass is 10.0. The molecule has 1 aliphatic heterocycles. The van der Waals surface area contributed by atoms with E-state index in [2.05, 4.69) is 24.1 Å². The SMILES string of the molecule is CCN(CC)c1ccc(NC2=C(c3ccc(OC)c(OC)c3)C(=O)N(CCOC)C2=O)cc1. The third-order valence-electron chi connectivity index (χ3n) is 5.62. The molecular weight excluding hydrogens is 422 g/mol. The fraction of sp³-hybridized carbons (Fsp3) is 0.360. The van der Waals surface area contributed by atoms with Gasteiger partial charge in [-0.15, -0.1) is 0 Å². The minimum atomic E-state index is -0.394. The first-order chi connectivity index (χ1) is 16.0. The van der Waals surface area contributed by atoms with E-state index in [1.165, 1.54) is 19.1 Å². The van der Waals surface area contributed by atoms with Crippen LogP contribution in [0.3, 0.4) is 0 Å². The van der Waals surface area contributed by atoms with Crippen molar-refractivity contribution in [3.05, 3.63) is 53.7 Å². The molecule has 0 unspecified atom stereocenters. The van der Waals surface area contributed by atoms with Crippen molar-refractivity contribution in [2.45, 2.75) is 13.8 Å². The summed E-state index contributed by atoms with van der Waals surface area (Å²) in [6, 6.07) is 13.0. The number of carbonyl (C=O) groups excluding carboxylic acids is 2. The Balaban J connectivity index is 2.02. The summed E-state index contributed by atoms with van der Waals surface area (Å²) in [7, 11) is 4.60. The molecule has 8 nitrogen and oxygen atoms in total. The number of ether oxygens (including phenoxy) is 3. The lowest BCUT2D eigenvalue weighted by molar-refractivity contribution is -0.137. The predicted molar refractivity (Wildman–Crippen MR) is 129 cm³/mol. The summed E-state index contributed by atoms with van der Waals surface area (Å²) in [5, 5.41) is 3.18. The molecule has 8 heteroatoms. The first kappa shape index (κ1) is 24.1. The van der Waals surface area contributed by atoms with Gasteiger partial charge < -0.3 is 24.4 Å². The quantitative estimate of drug-likeness (QED) is 0.523. The highest BCUT2D eigenvalue weighted by Crippen LogP contribution is 2.35. The summed E-state index contributed by atoms with van der Waals surface area (Å²) in [5.41, 5.74) is 2.88. The number of nitrogens with zero attached hydrogens (tertiary/aromatic N) is 2. The summed E-state index contributed by atoms with van der Waals surface area (Å²) in [4.78, 5) is 29.9. The minimum absolute atomic E-state index is 0.164. The predicted octanol–water partition coefficient (Wildman–Crippen LogP) is 3.39. The molecular formula is C25H31N3O5. The maximum Gasteiger partial charge on any atom is 0.278 e. The van der Waals surface area contributed by atoms with Crippen LogP contribution in [0.15, 0.2) is 48.2 Å². The van der Waals surface area contributed by atoms with E-state index in [4.69, 9.17) is 14.2 Å². The number of hydrogen-bond acceptors (Lipinski definition) is 7. The van der Waals surface area contributed by atoms with Gasteiger partial charge in [-0.05, 0) is 55.8 Å². The van der Waals surface area contributed by atoms with Gasteiger partial charge in [-0.2, -0.15) is 0 Å². The van der Waals surface area contributed by atoms with Gasteiger partial charge in [0.2, 0.25) is 0 Å². The topological polar surface area (TPSA) is 80.3 Å². The number of methoxy groups -OCH3 is 3. The van der Waals surface area contributed by atoms with Gasteiger partial charge in [-0.1, -0.05) is 6.07 Å². The largest absolute Gasteiger partial charge is 0.493 e. The van der Waals surface area contributed by atoms with Crippen molar-refractivity contribution in [2.75, 3.05) is 57.8 Å². The standard InChI is InChI=1S/C25H31N3O5/c1-6-27(7-2)19-11-9-18(10-12-19)26-23-22(24(29)28(25(23)30)14-15-31-3)17-8-13-20(32-4)21(16-17)33-5/h8-13,16,26H,6-7,14-15H2,1-5H3. The third-order valence-corrected chi connectivity index (χ3v) is 5.62. The maximum absolute atomic E-state index is 13.3. The number of anilines is 2. The van der Waals surface area contributed by atoms with E-state index in [9.17, 15) is 9.59 Å². The Bertz CT molecular complexity index is 1030. The third kappa shape index (κ3) is 4.96. The molecule has 3 rings (SSSR count). The molecule has 176 valence electrons. The minimum Gasteiger partial charge on any atom is -0.493 e. The summed E-state index contributed by atoms with van der Waals surface area (Å²) < 4.78 is 15.8. The normalized spacial score (nSPS) is 13.5. The van der Waals surface area contributed by atoms with Crippen LogP contribution in [0.1, 0.15) is 19.4 Å². The van der Waals surface area contributed by atoms with E-state index >= 15 is 0 Å². The van der Waals surface area contributed by atoms with Crippen LogP contribution in [0, 0.1) is 0 Å². The van der Waals surface area contributed by atoms with Crippen molar-refractivity contribution in [2.24, 2.45) is 0 Å². The van der Waals surface area contributed by atoms with Crippen LogP contribution >= 0.6 is 0 Å². The molecule has 0 saturated heterocycles. The van der Waals surface area contributed by atoms with Crippen LogP contribution in [0.4, 0.5) is 11.4 Å². The van der Waals surface area contributed by atoms with Gasteiger partial charge in [0, 0.05) is 31.6 Å². The summed E-state index contributed by atoms with van der Waals surface area (Å²) in [6.45, 7) is 6.43. The van der Waals surface area contributed by atoms with Crippen molar-refractivity contribution in [3.8, 4) is 11.5 Å². The van der Waals surface area contributed by atoms with Crippen molar-refractivity contribution in [1.29, 1.82) is 0 Å². The maximum atomic E-state index is 13.3. The highest BCUT2D eigenvalue weighted by atomic mass is 16.5. The van der Waals surface area contributed by atoms with Crippen molar-refractivity contribution >= 4 is 28.8 Å². The van der Waals surface area contributed by atoms with Gasteiger partial charge in [-0.25, -0.2) is 0 Å². The molecule has 0 radical (unpaired) electrons. The van der Waals surface area contributed by atoms with Crippen LogP contribution < -0.4 is 19.7 Å². The van der Waals surface area contributed by atoms with Crippen LogP contribution in [0.2, 0.25) is 0 Å². The number of hydrogen-bond donors (Lipinski definition) is 1. The summed E-state index contributed by atoms with van der Waals surface area (Å²) >= 11 is 0. The van der Waals surface area contributed by atoms with Gasteiger partial charge in [0.25, 0.3) is 11.8 Å². The van der Waals surface area contributed by atoms with Crippen LogP contribution in [0.25, 0.3) is 5.57 Å². The highest BCUT2D eigenvalue weighted by molar-refractivity contribution is 6.36. The van der Waals surface area contributed by atoms with Crippen molar-refractivity contribution in [1.82, 2.24) is 4.90 Å². The molecule has 1 N–H and O–H groups in total. The van der Waals surface area contributed by atoms with E-state index in [0.717, 1.165) is 18.8 Å². The fourth-order valence-electron chi connectivity index (χ4n) is 3.83. The molecule has 2 aromatic carbocycles. The van der Waals surface area contributed by atoms with E-state index in [1.807, 2.05) is 24.3 Å². The fourth-order valence-corrected chi connectivity index (χ4v) is 3.83. The first-order valence-corrected chi connectivity index (χ1v) is 10.9. The Hall–Kier alpha value is -3.52. The van der Waals surface area contributed by atoms with Crippen LogP contribution in [-0.4, -0.2) is 64.3 Å². The average molecular weight is 454 g/mol. The van der Waals surface area contributed by atoms with Gasteiger partial charge >= 0.3 is 0 Å². The molecule has 1 aliphatic rings. The number of benzene rings is 2. The molecule has 33 heavy (non-hydrogen) atoms. The smallest absolute Gasteiger partial charge is 0.278 e. The Morgan fingerprint density at radius 1 is 0.879 bits per heavy atom. The van der Waals surface area contributed by atoms with E-state index in [1.54, 1.807) is 25.3 Å². The Morgan fingerprint density at radius 3 is 2.12 bits per heavy atom. The van der Waals surface area contributed by atoms with Crippen molar-refractivity contribution in [3.63, 3.8) is 0 Å². The molecule has 1 heterocycles. The molecule has 0 spiro atoms. The zero-order valence-corrected chi connectivity index (χ0v) is 19.8. The first-order valence-electron chi connectivity index (χ1n) is 10.9. The molecule has 2 amide bonds. The van der Waals surface area contributed by atoms with Gasteiger partial charge in [0.15, 0.2) is 11.5 Å². The molecule has 0 atom stereocenters. The average Bonchev–Trinajstić information content (AvgIpc) is 3.07. The van der Waals surface area contributed by atoms with Crippen LogP contribution in [-0.2, 0) is 14.3 Å². The lowest BCUT2D eigenvalue weighted by Crippen LogP contribution is -2.35. The zero-order chi connectivity index (χ0) is 24.0. The summed E-state index contributed by atoms with van der Waals surface area (Å²) in [6.07, 6.45) is 0. The van der Waals surface area contributed by atoms with Crippen LogP contribution in [0.5, 0.6) is 11.5 Å². The monoisotopic (exact) mass is 453 g/mol. The second kappa shape index (κ2) is 10.9. The van der Waals surface area contributed by atoms with Gasteiger partial charge in [0.05, 0.1) is 32.9 Å². The number of rotatable bonds is 11. The zero-order valence-electron chi connectivity index (χ0n) is 19.8. The Morgan fingerprint density at radius 2 is 1.55 bits per heavy atom. The number of nitrogens with one attached hydrogen (secondary N) is 1. The molecule has 0 bridgehead atoms. The van der Waals surface area contributed by atoms with E-state index in [-0.39, 0.29) is 30.3 Å². The van der Waals surface area contributed by atoms with E-state index < -0.39 is 5.91 Å². The highest BCUT2D eigenvalue weighted by Gasteiger charge is 2.39. The number of amides is 2. The number of carbonyl (C=O) groups is 2. The number of imide groups is 1. The molecule has 2 aromatic rings. The second-order valence-corrected chi connectivity index (χ2v) is 7.42.